The molecule has 0 bridgehead atoms. The van der Waals surface area contributed by atoms with Crippen LogP contribution in [0.25, 0.3) is 0 Å². The van der Waals surface area contributed by atoms with Gasteiger partial charge in [0.2, 0.25) is 0 Å². The molecule has 0 radical (unpaired) electrons. The third-order valence-electron chi connectivity index (χ3n) is 7.01. The standard InChI is InChI=1S/C20H40N4O9/c1-20(29)12(7-25)31-19(14(28)17(20)24-2)33-16-10(23)5-9(22)15(13(16)27)32-18-11(26)4-3-8(6-21)30-18/h8-19,24-29H,3-7,21-23H2,1-2H3. The second-order valence-electron chi connectivity index (χ2n) is 9.42. The number of nitrogens with one attached hydrogen (secondary N) is 1. The van der Waals surface area contributed by atoms with Crippen molar-refractivity contribution in [1.82, 2.24) is 5.32 Å². The summed E-state index contributed by atoms with van der Waals surface area (Å²) in [5.41, 5.74) is 16.5. The molecule has 1 aliphatic carbocycles. The molecule has 13 unspecified atom stereocenters. The first-order chi connectivity index (χ1) is 15.5. The first kappa shape index (κ1) is 27.1. The summed E-state index contributed by atoms with van der Waals surface area (Å²) < 4.78 is 23.1. The van der Waals surface area contributed by atoms with Crippen LogP contribution in [-0.2, 0) is 18.9 Å². The summed E-state index contributed by atoms with van der Waals surface area (Å²) in [7, 11) is 1.55. The van der Waals surface area contributed by atoms with Gasteiger partial charge in [-0.3, -0.25) is 0 Å². The minimum absolute atomic E-state index is 0.217. The van der Waals surface area contributed by atoms with E-state index in [9.17, 15) is 25.5 Å². The van der Waals surface area contributed by atoms with Crippen LogP contribution < -0.4 is 22.5 Å². The lowest BCUT2D eigenvalue weighted by Gasteiger charge is -2.50. The Morgan fingerprint density at radius 2 is 1.61 bits per heavy atom. The third kappa shape index (κ3) is 5.51. The summed E-state index contributed by atoms with van der Waals surface area (Å²) in [5, 5.41) is 55.3. The Hall–Kier alpha value is -0.520. The zero-order chi connectivity index (χ0) is 24.5. The number of rotatable bonds is 7. The van der Waals surface area contributed by atoms with Crippen LogP contribution in [-0.4, -0.2) is 125 Å². The molecule has 2 heterocycles. The Labute approximate surface area is 193 Å². The smallest absolute Gasteiger partial charge is 0.186 e. The summed E-state index contributed by atoms with van der Waals surface area (Å²) >= 11 is 0. The second-order valence-corrected chi connectivity index (χ2v) is 9.42. The lowest BCUT2D eigenvalue weighted by molar-refractivity contribution is -0.332. The average Bonchev–Trinajstić information content (AvgIpc) is 2.76. The quantitative estimate of drug-likeness (QED) is 0.167. The van der Waals surface area contributed by atoms with Gasteiger partial charge < -0.3 is 67.0 Å². The summed E-state index contributed by atoms with van der Waals surface area (Å²) in [4.78, 5) is 0. The molecule has 3 fully saturated rings. The second kappa shape index (κ2) is 11.0. The van der Waals surface area contributed by atoms with Gasteiger partial charge >= 0.3 is 0 Å². The van der Waals surface area contributed by atoms with Crippen LogP contribution in [0.1, 0.15) is 26.2 Å². The van der Waals surface area contributed by atoms with Crippen LogP contribution in [0.3, 0.4) is 0 Å². The van der Waals surface area contributed by atoms with E-state index in [0.717, 1.165) is 0 Å². The Morgan fingerprint density at radius 1 is 1.00 bits per heavy atom. The molecule has 33 heavy (non-hydrogen) atoms. The van der Waals surface area contributed by atoms with Crippen molar-refractivity contribution in [3.8, 4) is 0 Å². The number of aliphatic hydroxyl groups is 5. The highest BCUT2D eigenvalue weighted by atomic mass is 16.7. The molecule has 2 aliphatic heterocycles. The Morgan fingerprint density at radius 3 is 2.15 bits per heavy atom. The molecular weight excluding hydrogens is 440 g/mol. The van der Waals surface area contributed by atoms with Crippen molar-refractivity contribution < 1.29 is 44.5 Å². The van der Waals surface area contributed by atoms with Crippen molar-refractivity contribution in [2.75, 3.05) is 20.2 Å². The molecule has 0 aromatic rings. The van der Waals surface area contributed by atoms with Crippen LogP contribution in [0.4, 0.5) is 0 Å². The molecule has 3 aliphatic rings. The van der Waals surface area contributed by atoms with E-state index in [2.05, 4.69) is 5.32 Å². The fourth-order valence-corrected chi connectivity index (χ4v) is 4.97. The largest absolute Gasteiger partial charge is 0.394 e. The summed E-state index contributed by atoms with van der Waals surface area (Å²) in [6.07, 6.45) is -8.05. The van der Waals surface area contributed by atoms with Gasteiger partial charge in [-0.05, 0) is 33.2 Å². The molecule has 1 saturated carbocycles. The van der Waals surface area contributed by atoms with E-state index in [1.54, 1.807) is 7.05 Å². The van der Waals surface area contributed by atoms with E-state index >= 15 is 0 Å². The van der Waals surface area contributed by atoms with E-state index in [1.807, 2.05) is 0 Å². The lowest BCUT2D eigenvalue weighted by Crippen LogP contribution is -2.71. The maximum absolute atomic E-state index is 11.1. The number of hydrogen-bond donors (Lipinski definition) is 9. The Balaban J connectivity index is 1.73. The number of ether oxygens (including phenoxy) is 4. The Kier molecular flexibility index (Phi) is 9.05. The first-order valence-corrected chi connectivity index (χ1v) is 11.4. The Bertz CT molecular complexity index is 632. The summed E-state index contributed by atoms with van der Waals surface area (Å²) in [6.45, 7) is 1.18. The van der Waals surface area contributed by atoms with Crippen LogP contribution in [0.2, 0.25) is 0 Å². The van der Waals surface area contributed by atoms with Crippen molar-refractivity contribution in [3.05, 3.63) is 0 Å². The van der Waals surface area contributed by atoms with Crippen molar-refractivity contribution in [3.63, 3.8) is 0 Å². The molecule has 12 N–H and O–H groups in total. The van der Waals surface area contributed by atoms with Crippen LogP contribution >= 0.6 is 0 Å². The average molecular weight is 481 g/mol. The number of hydrogen-bond acceptors (Lipinski definition) is 13. The van der Waals surface area contributed by atoms with Crippen LogP contribution in [0.5, 0.6) is 0 Å². The first-order valence-electron chi connectivity index (χ1n) is 11.4. The fourth-order valence-electron chi connectivity index (χ4n) is 4.97. The van der Waals surface area contributed by atoms with Gasteiger partial charge in [0.05, 0.1) is 18.8 Å². The van der Waals surface area contributed by atoms with E-state index < -0.39 is 79.5 Å². The highest BCUT2D eigenvalue weighted by Crippen LogP contribution is 2.34. The van der Waals surface area contributed by atoms with Gasteiger partial charge in [0.15, 0.2) is 12.6 Å². The van der Waals surface area contributed by atoms with E-state index in [4.69, 9.17) is 36.1 Å². The molecule has 13 heteroatoms. The minimum Gasteiger partial charge on any atom is -0.394 e. The predicted octanol–water partition coefficient (Wildman–Crippen LogP) is -4.58. The molecular formula is C20H40N4O9. The van der Waals surface area contributed by atoms with E-state index in [0.29, 0.717) is 12.8 Å². The molecule has 13 nitrogen and oxygen atoms in total. The third-order valence-corrected chi connectivity index (χ3v) is 7.01. The molecule has 0 amide bonds. The number of likely N-dealkylation sites (N-methyl/N-ethyl adjacent to an activating group) is 1. The SMILES string of the molecule is CNC1C(O)C(OC2C(N)CC(N)C(OC3OC(CN)CCC3O)C2O)OC(CO)C1(C)O. The lowest BCUT2D eigenvalue weighted by atomic mass is 9.82. The molecule has 2 saturated heterocycles. The molecule has 194 valence electrons. The molecule has 0 spiro atoms. The highest BCUT2D eigenvalue weighted by Gasteiger charge is 2.54. The fraction of sp³-hybridized carbons (Fsp3) is 1.00. The van der Waals surface area contributed by atoms with Gasteiger partial charge in [-0.25, -0.2) is 0 Å². The van der Waals surface area contributed by atoms with Gasteiger partial charge in [0.1, 0.15) is 42.2 Å². The summed E-state index contributed by atoms with van der Waals surface area (Å²) in [5.74, 6) is 0. The normalized spacial score (nSPS) is 51.5. The van der Waals surface area contributed by atoms with Gasteiger partial charge in [-0.2, -0.15) is 0 Å². The van der Waals surface area contributed by atoms with Crippen molar-refractivity contribution in [2.24, 2.45) is 17.2 Å². The molecule has 0 aromatic carbocycles. The monoisotopic (exact) mass is 480 g/mol. The molecule has 13 atom stereocenters. The maximum Gasteiger partial charge on any atom is 0.186 e. The molecule has 0 aromatic heterocycles. The number of nitrogens with two attached hydrogens (primary N) is 3. The maximum atomic E-state index is 11.1. The summed E-state index contributed by atoms with van der Waals surface area (Å²) in [6, 6.07) is -2.28. The molecule has 3 rings (SSSR count). The predicted molar refractivity (Wildman–Crippen MR) is 115 cm³/mol. The van der Waals surface area contributed by atoms with Crippen LogP contribution in [0, 0.1) is 0 Å². The zero-order valence-electron chi connectivity index (χ0n) is 19.1. The van der Waals surface area contributed by atoms with Gasteiger partial charge in [0, 0.05) is 18.6 Å². The van der Waals surface area contributed by atoms with Gasteiger partial charge in [-0.15, -0.1) is 0 Å². The van der Waals surface area contributed by atoms with Gasteiger partial charge in [-0.1, -0.05) is 0 Å². The zero-order valence-corrected chi connectivity index (χ0v) is 19.1. The van der Waals surface area contributed by atoms with Crippen molar-refractivity contribution >= 4 is 0 Å². The van der Waals surface area contributed by atoms with E-state index in [-0.39, 0.29) is 19.1 Å². The topological polar surface area (TPSA) is 228 Å². The highest BCUT2D eigenvalue weighted by molar-refractivity contribution is 5.04. The van der Waals surface area contributed by atoms with Crippen molar-refractivity contribution in [2.45, 2.75) is 105 Å². The van der Waals surface area contributed by atoms with Crippen LogP contribution in [0.15, 0.2) is 0 Å². The van der Waals surface area contributed by atoms with Gasteiger partial charge in [0.25, 0.3) is 0 Å². The van der Waals surface area contributed by atoms with E-state index in [1.165, 1.54) is 6.92 Å². The minimum atomic E-state index is -1.59. The number of aliphatic hydroxyl groups excluding tert-OH is 4. The van der Waals surface area contributed by atoms with Crippen molar-refractivity contribution in [1.29, 1.82) is 0 Å².